The molecule has 1 aromatic rings. The summed E-state index contributed by atoms with van der Waals surface area (Å²) in [6, 6.07) is 6.04. The molecule has 2 heterocycles. The van der Waals surface area contributed by atoms with Gasteiger partial charge in [-0.3, -0.25) is 19.5 Å². The molecule has 0 spiro atoms. The normalized spacial score (nSPS) is 22.4. The van der Waals surface area contributed by atoms with Crippen molar-refractivity contribution in [3.63, 3.8) is 0 Å². The monoisotopic (exact) mass is 525 g/mol. The first kappa shape index (κ1) is 28.9. The summed E-state index contributed by atoms with van der Waals surface area (Å²) >= 11 is 0. The van der Waals surface area contributed by atoms with Crippen molar-refractivity contribution in [2.75, 3.05) is 46.9 Å². The van der Waals surface area contributed by atoms with E-state index in [-0.39, 0.29) is 30.8 Å². The molecule has 3 rings (SSSR count). The van der Waals surface area contributed by atoms with Crippen LogP contribution in [0.5, 0.6) is 5.75 Å². The minimum atomic E-state index is -0.707. The molecule has 0 radical (unpaired) electrons. The Bertz CT molecular complexity index is 1120. The van der Waals surface area contributed by atoms with Crippen LogP contribution in [0.15, 0.2) is 52.3 Å². The van der Waals surface area contributed by atoms with Crippen LogP contribution in [0.1, 0.15) is 44.0 Å². The lowest BCUT2D eigenvalue weighted by molar-refractivity contribution is -0.137. The molecule has 0 aromatic heterocycles. The average molecular weight is 526 g/mol. The molecule has 1 fully saturated rings. The molecule has 10 nitrogen and oxygen atoms in total. The van der Waals surface area contributed by atoms with Crippen molar-refractivity contribution < 1.29 is 23.9 Å². The third-order valence-corrected chi connectivity index (χ3v) is 6.71. The van der Waals surface area contributed by atoms with Crippen LogP contribution in [0.25, 0.3) is 0 Å². The number of amides is 1. The lowest BCUT2D eigenvalue weighted by atomic mass is 10.0. The quantitative estimate of drug-likeness (QED) is 0.312. The number of Topliss-reactive ketones (excluding diaryl/α,β-unsaturated/α-hetero) is 1. The van der Waals surface area contributed by atoms with Gasteiger partial charge in [0.25, 0.3) is 5.91 Å². The van der Waals surface area contributed by atoms with Crippen LogP contribution in [0.2, 0.25) is 0 Å². The van der Waals surface area contributed by atoms with Gasteiger partial charge in [0.05, 0.1) is 39.2 Å². The van der Waals surface area contributed by atoms with E-state index in [1.807, 2.05) is 24.8 Å². The standard InChI is InChI=1S/C28H39N5O5/c1-19(2)11-13-33-20(3)27(35)32(17-25(34)21-8-6-10-23(14-21)37-4)18-30-15-24(28(36)38-5)26(33)31-12-7-9-22(29)16-31/h6,8,10-11,14,18,20,22H,7,9,12-13,15-17,29H2,1-5H3/b26-24+,30-18?. The van der Waals surface area contributed by atoms with E-state index in [2.05, 4.69) is 9.89 Å². The number of benzene rings is 1. The Morgan fingerprint density at radius 1 is 1.24 bits per heavy atom. The summed E-state index contributed by atoms with van der Waals surface area (Å²) in [5.41, 5.74) is 8.15. The number of esters is 1. The number of rotatable bonds is 8. The maximum atomic E-state index is 13.8. The molecule has 0 saturated carbocycles. The van der Waals surface area contributed by atoms with E-state index in [9.17, 15) is 14.4 Å². The summed E-state index contributed by atoms with van der Waals surface area (Å²) < 4.78 is 10.4. The largest absolute Gasteiger partial charge is 0.497 e. The highest BCUT2D eigenvalue weighted by molar-refractivity contribution is 6.03. The van der Waals surface area contributed by atoms with Crippen LogP contribution < -0.4 is 10.5 Å². The summed E-state index contributed by atoms with van der Waals surface area (Å²) in [7, 11) is 2.86. The van der Waals surface area contributed by atoms with E-state index in [1.54, 1.807) is 31.2 Å². The lowest BCUT2D eigenvalue weighted by Crippen LogP contribution is -2.53. The van der Waals surface area contributed by atoms with Crippen molar-refractivity contribution in [3.05, 3.63) is 52.9 Å². The number of carbonyl (C=O) groups excluding carboxylic acids is 3. The van der Waals surface area contributed by atoms with Gasteiger partial charge in [-0.25, -0.2) is 4.79 Å². The highest BCUT2D eigenvalue weighted by Gasteiger charge is 2.35. The highest BCUT2D eigenvalue weighted by Crippen LogP contribution is 2.26. The smallest absolute Gasteiger partial charge is 0.339 e. The van der Waals surface area contributed by atoms with Crippen LogP contribution in [0.4, 0.5) is 0 Å². The number of nitrogens with zero attached hydrogens (tertiary/aromatic N) is 4. The zero-order chi connectivity index (χ0) is 27.8. The SMILES string of the molecule is COC(=O)/C1=C(\N2CCCC(N)C2)N(CC=C(C)C)C(C)C(=O)N(CC(=O)c2cccc(OC)c2)C=NC1. The summed E-state index contributed by atoms with van der Waals surface area (Å²) in [5.74, 6) is 0.0758. The molecule has 0 bridgehead atoms. The molecule has 2 unspecified atom stereocenters. The highest BCUT2D eigenvalue weighted by atomic mass is 16.5. The molecule has 2 atom stereocenters. The number of hydrogen-bond acceptors (Lipinski definition) is 9. The number of piperidine rings is 1. The Hall–Kier alpha value is -3.66. The fourth-order valence-electron chi connectivity index (χ4n) is 4.63. The average Bonchev–Trinajstić information content (AvgIpc) is 2.95. The Labute approximate surface area is 224 Å². The number of allylic oxidation sites excluding steroid dienone is 1. The van der Waals surface area contributed by atoms with Gasteiger partial charge in [0.1, 0.15) is 17.6 Å². The number of carbonyl (C=O) groups is 3. The fourth-order valence-corrected chi connectivity index (χ4v) is 4.63. The number of ether oxygens (including phenoxy) is 2. The van der Waals surface area contributed by atoms with E-state index in [4.69, 9.17) is 15.2 Å². The molecule has 0 aliphatic carbocycles. The van der Waals surface area contributed by atoms with Crippen molar-refractivity contribution in [1.29, 1.82) is 0 Å². The number of nitrogens with two attached hydrogens (primary N) is 1. The molecule has 38 heavy (non-hydrogen) atoms. The number of methoxy groups -OCH3 is 2. The second kappa shape index (κ2) is 13.2. The Balaban J connectivity index is 2.03. The van der Waals surface area contributed by atoms with Gasteiger partial charge < -0.3 is 25.0 Å². The van der Waals surface area contributed by atoms with Gasteiger partial charge in [0, 0.05) is 31.2 Å². The minimum absolute atomic E-state index is 0.0110. The summed E-state index contributed by atoms with van der Waals surface area (Å²) in [6.45, 7) is 7.15. The first-order chi connectivity index (χ1) is 18.2. The van der Waals surface area contributed by atoms with Crippen molar-refractivity contribution in [2.45, 2.75) is 45.7 Å². The topological polar surface area (TPSA) is 118 Å². The Kier molecular flexibility index (Phi) is 10.1. The van der Waals surface area contributed by atoms with Crippen LogP contribution in [-0.2, 0) is 14.3 Å². The van der Waals surface area contributed by atoms with Gasteiger partial charge in [0.2, 0.25) is 0 Å². The van der Waals surface area contributed by atoms with Crippen LogP contribution >= 0.6 is 0 Å². The predicted molar refractivity (Wildman–Crippen MR) is 146 cm³/mol. The van der Waals surface area contributed by atoms with Gasteiger partial charge in [-0.2, -0.15) is 0 Å². The van der Waals surface area contributed by atoms with E-state index < -0.39 is 12.0 Å². The molecule has 2 aliphatic rings. The Morgan fingerprint density at radius 3 is 2.66 bits per heavy atom. The van der Waals surface area contributed by atoms with Crippen molar-refractivity contribution in [1.82, 2.24) is 14.7 Å². The zero-order valence-corrected chi connectivity index (χ0v) is 23.0. The maximum Gasteiger partial charge on any atom is 0.339 e. The second-order valence-electron chi connectivity index (χ2n) is 9.83. The van der Waals surface area contributed by atoms with Crippen molar-refractivity contribution in [3.8, 4) is 5.75 Å². The number of likely N-dealkylation sites (tertiary alicyclic amines) is 1. The first-order valence-corrected chi connectivity index (χ1v) is 12.9. The molecule has 1 amide bonds. The van der Waals surface area contributed by atoms with Crippen LogP contribution in [0.3, 0.4) is 0 Å². The lowest BCUT2D eigenvalue weighted by Gasteiger charge is -2.42. The molecule has 10 heteroatoms. The van der Waals surface area contributed by atoms with E-state index in [0.717, 1.165) is 18.4 Å². The fraction of sp³-hybridized carbons (Fsp3) is 0.500. The van der Waals surface area contributed by atoms with Crippen LogP contribution in [0, 0.1) is 0 Å². The van der Waals surface area contributed by atoms with Crippen LogP contribution in [-0.4, -0.2) is 97.7 Å². The molecule has 206 valence electrons. The summed E-state index contributed by atoms with van der Waals surface area (Å²) in [6.07, 6.45) is 5.11. The third-order valence-electron chi connectivity index (χ3n) is 6.71. The first-order valence-electron chi connectivity index (χ1n) is 12.9. The van der Waals surface area contributed by atoms with Crippen molar-refractivity contribution in [2.24, 2.45) is 10.7 Å². The molecular weight excluding hydrogens is 486 g/mol. The van der Waals surface area contributed by atoms with E-state index >= 15 is 0 Å². The molecule has 1 aromatic carbocycles. The Morgan fingerprint density at radius 2 is 2.00 bits per heavy atom. The number of ketones is 1. The third kappa shape index (κ3) is 7.00. The molecule has 2 aliphatic heterocycles. The predicted octanol–water partition coefficient (Wildman–Crippen LogP) is 2.21. The minimum Gasteiger partial charge on any atom is -0.497 e. The van der Waals surface area contributed by atoms with Gasteiger partial charge in [-0.05, 0) is 45.7 Å². The summed E-state index contributed by atoms with van der Waals surface area (Å²) in [4.78, 5) is 49.7. The molecular formula is C28H39N5O5. The molecule has 1 saturated heterocycles. The van der Waals surface area contributed by atoms with Crippen molar-refractivity contribution >= 4 is 24.0 Å². The molecule has 2 N–H and O–H groups in total. The second-order valence-corrected chi connectivity index (χ2v) is 9.83. The van der Waals surface area contributed by atoms with Gasteiger partial charge >= 0.3 is 5.97 Å². The zero-order valence-electron chi connectivity index (χ0n) is 23.0. The van der Waals surface area contributed by atoms with Gasteiger partial charge in [-0.1, -0.05) is 23.8 Å². The summed E-state index contributed by atoms with van der Waals surface area (Å²) in [5, 5.41) is 0. The van der Waals surface area contributed by atoms with Gasteiger partial charge in [0.15, 0.2) is 5.78 Å². The van der Waals surface area contributed by atoms with E-state index in [1.165, 1.54) is 25.5 Å². The van der Waals surface area contributed by atoms with Gasteiger partial charge in [-0.15, -0.1) is 0 Å². The number of aliphatic imine (C=N–C) groups is 1. The number of hydrogen-bond donors (Lipinski definition) is 1. The maximum absolute atomic E-state index is 13.8. The van der Waals surface area contributed by atoms with E-state index in [0.29, 0.717) is 42.3 Å².